The highest BCUT2D eigenvalue weighted by Gasteiger charge is 2.28. The Balaban J connectivity index is 1.28. The van der Waals surface area contributed by atoms with Gasteiger partial charge < -0.3 is 14.5 Å². The normalized spacial score (nSPS) is 18.7. The standard InChI is InChI=1S/C25H31N3O3/c1-19-14-21(15-20-6-3-2-4-7-20)16-23(26-19)22-9-11-28(17-22)25(30)18-31-13-12-27-10-5-8-24(27)29/h2-4,6-7,14,16,22H,5,8-13,15,17-18H2,1H3. The Morgan fingerprint density at radius 3 is 2.77 bits per heavy atom. The number of ether oxygens (including phenoxy) is 1. The summed E-state index contributed by atoms with van der Waals surface area (Å²) in [6.07, 6.45) is 3.37. The van der Waals surface area contributed by atoms with Gasteiger partial charge in [0.2, 0.25) is 11.8 Å². The molecule has 2 fully saturated rings. The largest absolute Gasteiger partial charge is 0.370 e. The summed E-state index contributed by atoms with van der Waals surface area (Å²) in [6, 6.07) is 14.8. The van der Waals surface area contributed by atoms with E-state index in [0.717, 1.165) is 43.7 Å². The van der Waals surface area contributed by atoms with Gasteiger partial charge in [0.1, 0.15) is 6.61 Å². The third-order valence-corrected chi connectivity index (χ3v) is 6.15. The van der Waals surface area contributed by atoms with E-state index in [9.17, 15) is 9.59 Å². The number of amides is 2. The number of likely N-dealkylation sites (tertiary alicyclic amines) is 2. The molecule has 0 radical (unpaired) electrons. The molecule has 6 heteroatoms. The highest BCUT2D eigenvalue weighted by Crippen LogP contribution is 2.27. The highest BCUT2D eigenvalue weighted by molar-refractivity contribution is 5.78. The topological polar surface area (TPSA) is 62.7 Å². The molecule has 31 heavy (non-hydrogen) atoms. The molecule has 3 heterocycles. The predicted molar refractivity (Wildman–Crippen MR) is 119 cm³/mol. The van der Waals surface area contributed by atoms with E-state index in [-0.39, 0.29) is 24.3 Å². The molecule has 0 spiro atoms. The van der Waals surface area contributed by atoms with Gasteiger partial charge in [-0.1, -0.05) is 30.3 Å². The molecule has 6 nitrogen and oxygen atoms in total. The lowest BCUT2D eigenvalue weighted by atomic mass is 9.98. The molecule has 1 atom stereocenters. The fraction of sp³-hybridized carbons (Fsp3) is 0.480. The van der Waals surface area contributed by atoms with Crippen molar-refractivity contribution in [2.24, 2.45) is 0 Å². The number of aryl methyl sites for hydroxylation is 1. The van der Waals surface area contributed by atoms with Gasteiger partial charge in [0.25, 0.3) is 0 Å². The average molecular weight is 422 g/mol. The predicted octanol–water partition coefficient (Wildman–Crippen LogP) is 2.94. The number of aromatic nitrogens is 1. The minimum Gasteiger partial charge on any atom is -0.370 e. The third kappa shape index (κ3) is 5.70. The second kappa shape index (κ2) is 10.1. The van der Waals surface area contributed by atoms with Crippen LogP contribution in [0, 0.1) is 6.92 Å². The van der Waals surface area contributed by atoms with Crippen molar-refractivity contribution in [2.45, 2.75) is 38.5 Å². The number of nitrogens with zero attached hydrogens (tertiary/aromatic N) is 3. The number of hydrogen-bond acceptors (Lipinski definition) is 4. The number of carbonyl (C=O) groups is 2. The van der Waals surface area contributed by atoms with Crippen LogP contribution in [0.1, 0.15) is 47.7 Å². The summed E-state index contributed by atoms with van der Waals surface area (Å²) in [5.41, 5.74) is 4.65. The van der Waals surface area contributed by atoms with Crippen LogP contribution in [0.3, 0.4) is 0 Å². The van der Waals surface area contributed by atoms with Crippen LogP contribution in [0.15, 0.2) is 42.5 Å². The molecule has 1 aromatic heterocycles. The number of benzene rings is 1. The second-order valence-electron chi connectivity index (χ2n) is 8.57. The van der Waals surface area contributed by atoms with Crippen LogP contribution in [0.4, 0.5) is 0 Å². The van der Waals surface area contributed by atoms with Crippen molar-refractivity contribution in [3.8, 4) is 0 Å². The Hall–Kier alpha value is -2.73. The molecule has 4 rings (SSSR count). The molecular formula is C25H31N3O3. The van der Waals surface area contributed by atoms with E-state index in [1.54, 1.807) is 0 Å². The van der Waals surface area contributed by atoms with Gasteiger partial charge in [0, 0.05) is 49.9 Å². The Labute approximate surface area is 184 Å². The minimum absolute atomic E-state index is 0.0208. The fourth-order valence-electron chi connectivity index (χ4n) is 4.51. The van der Waals surface area contributed by atoms with Crippen LogP contribution in [0.25, 0.3) is 0 Å². The third-order valence-electron chi connectivity index (χ3n) is 6.15. The first-order valence-corrected chi connectivity index (χ1v) is 11.2. The zero-order valence-corrected chi connectivity index (χ0v) is 18.3. The number of carbonyl (C=O) groups excluding carboxylic acids is 2. The van der Waals surface area contributed by atoms with Crippen molar-refractivity contribution in [2.75, 3.05) is 39.4 Å². The summed E-state index contributed by atoms with van der Waals surface area (Å²) < 4.78 is 5.56. The summed E-state index contributed by atoms with van der Waals surface area (Å²) in [5, 5.41) is 0. The van der Waals surface area contributed by atoms with Gasteiger partial charge in [-0.25, -0.2) is 0 Å². The average Bonchev–Trinajstić information content (AvgIpc) is 3.41. The van der Waals surface area contributed by atoms with E-state index in [0.29, 0.717) is 26.1 Å². The van der Waals surface area contributed by atoms with E-state index in [1.807, 2.05) is 22.8 Å². The molecule has 2 saturated heterocycles. The monoisotopic (exact) mass is 421 g/mol. The Bertz CT molecular complexity index is 915. The van der Waals surface area contributed by atoms with Crippen LogP contribution in [-0.2, 0) is 20.7 Å². The molecule has 1 aromatic carbocycles. The van der Waals surface area contributed by atoms with E-state index in [2.05, 4.69) is 36.4 Å². The van der Waals surface area contributed by atoms with Gasteiger partial charge >= 0.3 is 0 Å². The van der Waals surface area contributed by atoms with Gasteiger partial charge in [0.15, 0.2) is 0 Å². The minimum atomic E-state index is 0.0208. The molecule has 2 aromatic rings. The maximum atomic E-state index is 12.6. The van der Waals surface area contributed by atoms with Gasteiger partial charge in [-0.2, -0.15) is 0 Å². The molecule has 164 valence electrons. The summed E-state index contributed by atoms with van der Waals surface area (Å²) in [6.45, 7) is 5.34. The van der Waals surface area contributed by atoms with Crippen LogP contribution in [0.2, 0.25) is 0 Å². The zero-order chi connectivity index (χ0) is 21.6. The Morgan fingerprint density at radius 2 is 2.00 bits per heavy atom. The lowest BCUT2D eigenvalue weighted by Gasteiger charge is -2.18. The van der Waals surface area contributed by atoms with Gasteiger partial charge in [-0.05, 0) is 49.4 Å². The molecule has 2 amide bonds. The van der Waals surface area contributed by atoms with Crippen molar-refractivity contribution >= 4 is 11.8 Å². The first-order valence-electron chi connectivity index (χ1n) is 11.2. The van der Waals surface area contributed by atoms with Gasteiger partial charge in [-0.15, -0.1) is 0 Å². The Kier molecular flexibility index (Phi) is 6.97. The number of rotatable bonds is 8. The molecule has 0 N–H and O–H groups in total. The fourth-order valence-corrected chi connectivity index (χ4v) is 4.51. The SMILES string of the molecule is Cc1cc(Cc2ccccc2)cc(C2CCN(C(=O)COCCN3CCCC3=O)C2)n1. The maximum Gasteiger partial charge on any atom is 0.248 e. The van der Waals surface area contributed by atoms with Crippen molar-refractivity contribution in [1.82, 2.24) is 14.8 Å². The highest BCUT2D eigenvalue weighted by atomic mass is 16.5. The molecule has 1 unspecified atom stereocenters. The lowest BCUT2D eigenvalue weighted by Crippen LogP contribution is -2.34. The molecule has 0 saturated carbocycles. The Morgan fingerprint density at radius 1 is 1.16 bits per heavy atom. The van der Waals surface area contributed by atoms with Crippen LogP contribution in [0.5, 0.6) is 0 Å². The van der Waals surface area contributed by atoms with Crippen molar-refractivity contribution in [3.05, 3.63) is 65.0 Å². The van der Waals surface area contributed by atoms with Crippen molar-refractivity contribution in [1.29, 1.82) is 0 Å². The number of pyridine rings is 1. The van der Waals surface area contributed by atoms with E-state index in [4.69, 9.17) is 9.72 Å². The zero-order valence-electron chi connectivity index (χ0n) is 18.3. The first-order chi connectivity index (χ1) is 15.1. The van der Waals surface area contributed by atoms with E-state index >= 15 is 0 Å². The van der Waals surface area contributed by atoms with Crippen LogP contribution < -0.4 is 0 Å². The van der Waals surface area contributed by atoms with Gasteiger partial charge in [-0.3, -0.25) is 14.6 Å². The molecule has 2 aliphatic rings. The molecule has 0 aliphatic carbocycles. The molecule has 0 bridgehead atoms. The summed E-state index contributed by atoms with van der Waals surface area (Å²) >= 11 is 0. The maximum absolute atomic E-state index is 12.6. The summed E-state index contributed by atoms with van der Waals surface area (Å²) in [7, 11) is 0. The van der Waals surface area contributed by atoms with E-state index in [1.165, 1.54) is 11.1 Å². The van der Waals surface area contributed by atoms with Crippen molar-refractivity contribution in [3.63, 3.8) is 0 Å². The van der Waals surface area contributed by atoms with Crippen molar-refractivity contribution < 1.29 is 14.3 Å². The summed E-state index contributed by atoms with van der Waals surface area (Å²) in [5.74, 6) is 0.475. The first kappa shape index (κ1) is 21.5. The second-order valence-corrected chi connectivity index (χ2v) is 8.57. The summed E-state index contributed by atoms with van der Waals surface area (Å²) in [4.78, 5) is 32.6. The quantitative estimate of drug-likeness (QED) is 0.615. The molecular weight excluding hydrogens is 390 g/mol. The molecule has 2 aliphatic heterocycles. The van der Waals surface area contributed by atoms with E-state index < -0.39 is 0 Å². The van der Waals surface area contributed by atoms with Crippen LogP contribution >= 0.6 is 0 Å². The van der Waals surface area contributed by atoms with Crippen LogP contribution in [-0.4, -0.2) is 66.0 Å². The van der Waals surface area contributed by atoms with Gasteiger partial charge in [0.05, 0.1) is 6.61 Å². The lowest BCUT2D eigenvalue weighted by molar-refractivity contribution is -0.135. The number of hydrogen-bond donors (Lipinski definition) is 0. The smallest absolute Gasteiger partial charge is 0.248 e.